The second-order valence-corrected chi connectivity index (χ2v) is 15.6. The minimum absolute atomic E-state index is 0.299. The molecule has 2 aromatic heterocycles. The lowest BCUT2D eigenvalue weighted by molar-refractivity contribution is 0.479. The van der Waals surface area contributed by atoms with E-state index in [0.717, 1.165) is 100 Å². The summed E-state index contributed by atoms with van der Waals surface area (Å²) in [5.74, 6) is 2.50. The van der Waals surface area contributed by atoms with Gasteiger partial charge >= 0.3 is 6.92 Å². The molecule has 13 rings (SSSR count). The van der Waals surface area contributed by atoms with Crippen molar-refractivity contribution in [2.75, 3.05) is 0 Å². The first-order chi connectivity index (χ1) is 29.2. The second kappa shape index (κ2) is 12.4. The molecule has 2 aliphatic heterocycles. The van der Waals surface area contributed by atoms with Crippen LogP contribution in [-0.2, 0) is 0 Å². The lowest BCUT2D eigenvalue weighted by Crippen LogP contribution is -2.53. The minimum Gasteiger partial charge on any atom is -0.551 e. The van der Waals surface area contributed by atoms with Gasteiger partial charge in [0.1, 0.15) is 28.4 Å². The summed E-state index contributed by atoms with van der Waals surface area (Å²) in [6.07, 6.45) is 0. The molecule has 0 unspecified atom stereocenters. The summed E-state index contributed by atoms with van der Waals surface area (Å²) in [6, 6.07) is 69.0. The van der Waals surface area contributed by atoms with Crippen LogP contribution in [0.5, 0.6) is 17.2 Å². The van der Waals surface area contributed by atoms with Crippen LogP contribution in [-0.4, -0.2) is 11.5 Å². The Balaban J connectivity index is 0.929. The molecule has 0 saturated heterocycles. The molecule has 0 fully saturated rings. The quantitative estimate of drug-likeness (QED) is 0.168. The fourth-order valence-corrected chi connectivity index (χ4v) is 9.52. The predicted molar refractivity (Wildman–Crippen MR) is 242 cm³/mol. The SMILES string of the molecule is c1cc(-c2ccc3c(c2)OB2c4ccccc4Oc4cc(-c5cccc(-n6c7ccccc7c7ccccc76)c5)cc-3c42)cc(-c2ccc3c(c2)oc2ccccc23)c1. The molecule has 0 atom stereocenters. The Morgan fingerprint density at radius 3 is 1.83 bits per heavy atom. The molecule has 0 amide bonds. The molecule has 5 heteroatoms. The molecule has 0 bridgehead atoms. The van der Waals surface area contributed by atoms with Crippen molar-refractivity contribution < 1.29 is 13.8 Å². The smallest absolute Gasteiger partial charge is 0.434 e. The molecule has 2 aliphatic rings. The molecule has 0 spiro atoms. The van der Waals surface area contributed by atoms with Crippen molar-refractivity contribution in [3.63, 3.8) is 0 Å². The summed E-state index contributed by atoms with van der Waals surface area (Å²) < 4.78 is 22.4. The van der Waals surface area contributed by atoms with Crippen molar-refractivity contribution in [2.24, 2.45) is 0 Å². The van der Waals surface area contributed by atoms with Crippen LogP contribution < -0.4 is 20.3 Å². The van der Waals surface area contributed by atoms with E-state index in [0.29, 0.717) is 0 Å². The Morgan fingerprint density at radius 2 is 1.00 bits per heavy atom. The zero-order valence-corrected chi connectivity index (χ0v) is 31.7. The summed E-state index contributed by atoms with van der Waals surface area (Å²) in [7, 11) is 0. The van der Waals surface area contributed by atoms with Crippen molar-refractivity contribution in [3.05, 3.63) is 194 Å². The third kappa shape index (κ3) is 4.92. The van der Waals surface area contributed by atoms with E-state index >= 15 is 0 Å². The highest BCUT2D eigenvalue weighted by atomic mass is 16.5. The van der Waals surface area contributed by atoms with E-state index in [9.17, 15) is 0 Å². The zero-order valence-electron chi connectivity index (χ0n) is 31.7. The standard InChI is InChI=1S/C54H32BNO3/c1-5-19-47-40(15-1)41-16-2-6-20-48(41)56(47)39-14-10-13-35(28-39)38-29-45-44-26-24-37(31-52(44)59-55-46-18-4-8-22-50(46)58-53(32-38)54(45)55)34-12-9-11-33(27-34)36-23-25-43-42-17-3-7-21-49(42)57-51(43)30-36/h1-32H. The highest BCUT2D eigenvalue weighted by Crippen LogP contribution is 2.44. The van der Waals surface area contributed by atoms with Crippen LogP contribution in [0.15, 0.2) is 199 Å². The number of hydrogen-bond acceptors (Lipinski definition) is 3. The maximum atomic E-state index is 7.02. The Bertz CT molecular complexity index is 3490. The number of nitrogens with zero attached hydrogens (tertiary/aromatic N) is 1. The van der Waals surface area contributed by atoms with E-state index in [1.807, 2.05) is 24.3 Å². The maximum absolute atomic E-state index is 7.02. The van der Waals surface area contributed by atoms with Crippen LogP contribution in [0.2, 0.25) is 0 Å². The molecule has 59 heavy (non-hydrogen) atoms. The average Bonchev–Trinajstić information content (AvgIpc) is 3.84. The van der Waals surface area contributed by atoms with Gasteiger partial charge in [0.15, 0.2) is 0 Å². The zero-order chi connectivity index (χ0) is 38.6. The number of ether oxygens (including phenoxy) is 1. The molecule has 274 valence electrons. The lowest BCUT2D eigenvalue weighted by Gasteiger charge is -2.33. The number of benzene rings is 9. The molecule has 0 aliphatic carbocycles. The molecule has 4 heterocycles. The predicted octanol–water partition coefficient (Wildman–Crippen LogP) is 13.0. The fourth-order valence-electron chi connectivity index (χ4n) is 9.52. The minimum atomic E-state index is -0.299. The maximum Gasteiger partial charge on any atom is 0.434 e. The summed E-state index contributed by atoms with van der Waals surface area (Å²) in [5, 5.41) is 4.76. The normalized spacial score (nSPS) is 12.6. The summed E-state index contributed by atoms with van der Waals surface area (Å²) in [6.45, 7) is -0.299. The van der Waals surface area contributed by atoms with Gasteiger partial charge in [-0.1, -0.05) is 121 Å². The third-order valence-corrected chi connectivity index (χ3v) is 12.3. The highest BCUT2D eigenvalue weighted by Gasteiger charge is 2.41. The Hall–Kier alpha value is -7.76. The van der Waals surface area contributed by atoms with E-state index in [-0.39, 0.29) is 6.92 Å². The average molecular weight is 754 g/mol. The number of rotatable bonds is 4. The lowest BCUT2D eigenvalue weighted by atomic mass is 9.50. The van der Waals surface area contributed by atoms with Gasteiger partial charge in [0.2, 0.25) is 0 Å². The van der Waals surface area contributed by atoms with Gasteiger partial charge in [0, 0.05) is 43.7 Å². The van der Waals surface area contributed by atoms with E-state index in [4.69, 9.17) is 13.8 Å². The van der Waals surface area contributed by atoms with Crippen LogP contribution >= 0.6 is 0 Å². The van der Waals surface area contributed by atoms with Crippen LogP contribution in [0.3, 0.4) is 0 Å². The number of aromatic nitrogens is 1. The second-order valence-electron chi connectivity index (χ2n) is 15.6. The van der Waals surface area contributed by atoms with Gasteiger partial charge in [-0.05, 0) is 112 Å². The first kappa shape index (κ1) is 32.3. The van der Waals surface area contributed by atoms with E-state index in [1.54, 1.807) is 0 Å². The van der Waals surface area contributed by atoms with Crippen molar-refractivity contribution in [2.45, 2.75) is 0 Å². The molecule has 4 nitrogen and oxygen atoms in total. The fraction of sp³-hybridized carbons (Fsp3) is 0. The van der Waals surface area contributed by atoms with Crippen LogP contribution in [0.4, 0.5) is 0 Å². The first-order valence-corrected chi connectivity index (χ1v) is 20.1. The number of fused-ring (bicyclic) bond motifs is 10. The summed E-state index contributed by atoms with van der Waals surface area (Å²) in [4.78, 5) is 0. The topological polar surface area (TPSA) is 36.5 Å². The summed E-state index contributed by atoms with van der Waals surface area (Å²) in [5.41, 5.74) is 16.2. The van der Waals surface area contributed by atoms with E-state index < -0.39 is 0 Å². The highest BCUT2D eigenvalue weighted by molar-refractivity contribution is 6.84. The molecular weight excluding hydrogens is 721 g/mol. The van der Waals surface area contributed by atoms with Gasteiger partial charge in [-0.3, -0.25) is 0 Å². The van der Waals surface area contributed by atoms with Crippen molar-refractivity contribution in [1.29, 1.82) is 0 Å². The third-order valence-electron chi connectivity index (χ3n) is 12.3. The summed E-state index contributed by atoms with van der Waals surface area (Å²) >= 11 is 0. The van der Waals surface area contributed by atoms with Crippen LogP contribution in [0.25, 0.3) is 93.9 Å². The van der Waals surface area contributed by atoms with Crippen LogP contribution in [0, 0.1) is 0 Å². The number of hydrogen-bond donors (Lipinski definition) is 0. The molecular formula is C54H32BNO3. The molecule has 11 aromatic rings. The van der Waals surface area contributed by atoms with Crippen molar-refractivity contribution in [1.82, 2.24) is 4.57 Å². The molecule has 0 radical (unpaired) electrons. The van der Waals surface area contributed by atoms with Gasteiger partial charge in [-0.2, -0.15) is 0 Å². The van der Waals surface area contributed by atoms with Crippen molar-refractivity contribution >= 4 is 61.6 Å². The molecule has 9 aromatic carbocycles. The Kier molecular flexibility index (Phi) is 6.78. The monoisotopic (exact) mass is 753 g/mol. The Labute approximate surface area is 340 Å². The molecule has 0 saturated carbocycles. The molecule has 0 N–H and O–H groups in total. The number of furan rings is 1. The largest absolute Gasteiger partial charge is 0.551 e. The number of para-hydroxylation sites is 4. The first-order valence-electron chi connectivity index (χ1n) is 20.1. The van der Waals surface area contributed by atoms with E-state index in [1.165, 1.54) is 21.8 Å². The van der Waals surface area contributed by atoms with Crippen molar-refractivity contribution in [3.8, 4) is 67.4 Å². The van der Waals surface area contributed by atoms with Gasteiger partial charge in [0.25, 0.3) is 0 Å². The Morgan fingerprint density at radius 1 is 0.373 bits per heavy atom. The van der Waals surface area contributed by atoms with E-state index in [2.05, 4.69) is 174 Å². The van der Waals surface area contributed by atoms with Gasteiger partial charge < -0.3 is 18.4 Å². The van der Waals surface area contributed by atoms with Gasteiger partial charge in [0.05, 0.1) is 11.0 Å². The van der Waals surface area contributed by atoms with Gasteiger partial charge in [-0.15, -0.1) is 0 Å². The van der Waals surface area contributed by atoms with Gasteiger partial charge in [-0.25, -0.2) is 0 Å². The van der Waals surface area contributed by atoms with Crippen LogP contribution in [0.1, 0.15) is 0 Å².